The van der Waals surface area contributed by atoms with Crippen LogP contribution in [0.3, 0.4) is 0 Å². The summed E-state index contributed by atoms with van der Waals surface area (Å²) < 4.78 is 30.9. The molecule has 0 unspecified atom stereocenters. The molecule has 0 fully saturated rings. The summed E-state index contributed by atoms with van der Waals surface area (Å²) >= 11 is 0. The van der Waals surface area contributed by atoms with E-state index in [-0.39, 0.29) is 10.8 Å². The molecule has 0 radical (unpaired) electrons. The highest BCUT2D eigenvalue weighted by Crippen LogP contribution is 2.19. The van der Waals surface area contributed by atoms with Gasteiger partial charge in [0.15, 0.2) is 0 Å². The Hall–Kier alpha value is -2.38. The lowest BCUT2D eigenvalue weighted by Crippen LogP contribution is -2.22. The number of rotatable bonds is 7. The number of nitrogens with zero attached hydrogens (tertiary/aromatic N) is 1. The van der Waals surface area contributed by atoms with Gasteiger partial charge in [-0.05, 0) is 48.9 Å². The summed E-state index contributed by atoms with van der Waals surface area (Å²) in [7, 11) is -0.627. The number of ether oxygens (including phenoxy) is 1. The number of carbonyl (C=O) groups excluding carboxylic acids is 1. The predicted molar refractivity (Wildman–Crippen MR) is 97.5 cm³/mol. The zero-order valence-corrected chi connectivity index (χ0v) is 15.3. The molecule has 6 nitrogen and oxygen atoms in total. The zero-order chi connectivity index (χ0) is 18.4. The van der Waals surface area contributed by atoms with Gasteiger partial charge in [-0.1, -0.05) is 13.0 Å². The number of sulfonamides is 1. The molecule has 0 spiro atoms. The third kappa shape index (κ3) is 4.80. The van der Waals surface area contributed by atoms with E-state index in [0.29, 0.717) is 23.6 Å². The van der Waals surface area contributed by atoms with Crippen molar-refractivity contribution in [3.63, 3.8) is 0 Å². The molecule has 25 heavy (non-hydrogen) atoms. The smallest absolute Gasteiger partial charge is 0.255 e. The summed E-state index contributed by atoms with van der Waals surface area (Å²) in [6.45, 7) is 2.64. The average Bonchev–Trinajstić information content (AvgIpc) is 2.60. The first kappa shape index (κ1) is 19.0. The first-order chi connectivity index (χ1) is 11.8. The fraction of sp³-hybridized carbons (Fsp3) is 0.278. The largest absolute Gasteiger partial charge is 0.494 e. The number of benzene rings is 2. The second-order valence-electron chi connectivity index (χ2n) is 5.64. The molecule has 0 bridgehead atoms. The summed E-state index contributed by atoms with van der Waals surface area (Å²) in [6, 6.07) is 13.0. The van der Waals surface area contributed by atoms with Crippen molar-refractivity contribution in [2.45, 2.75) is 18.2 Å². The van der Waals surface area contributed by atoms with Gasteiger partial charge < -0.3 is 10.1 Å². The number of hydrogen-bond donors (Lipinski definition) is 1. The van der Waals surface area contributed by atoms with Crippen LogP contribution in [0.5, 0.6) is 5.75 Å². The van der Waals surface area contributed by atoms with Crippen LogP contribution in [-0.4, -0.2) is 39.3 Å². The molecule has 2 aromatic rings. The Balaban J connectivity index is 2.13. The van der Waals surface area contributed by atoms with Gasteiger partial charge in [0.25, 0.3) is 5.91 Å². The minimum atomic E-state index is -3.55. The van der Waals surface area contributed by atoms with Crippen molar-refractivity contribution in [3.8, 4) is 5.75 Å². The van der Waals surface area contributed by atoms with E-state index in [0.717, 1.165) is 10.7 Å². The maximum absolute atomic E-state index is 12.3. The highest BCUT2D eigenvalue weighted by molar-refractivity contribution is 7.89. The summed E-state index contributed by atoms with van der Waals surface area (Å²) in [5.41, 5.74) is 0.879. The van der Waals surface area contributed by atoms with Crippen molar-refractivity contribution >= 4 is 21.6 Å². The van der Waals surface area contributed by atoms with Crippen LogP contribution in [0.25, 0.3) is 0 Å². The number of carbonyl (C=O) groups is 1. The van der Waals surface area contributed by atoms with E-state index in [2.05, 4.69) is 5.32 Å². The van der Waals surface area contributed by atoms with Crippen LogP contribution in [0.2, 0.25) is 0 Å². The number of amides is 1. The van der Waals surface area contributed by atoms with Crippen LogP contribution < -0.4 is 10.1 Å². The van der Waals surface area contributed by atoms with E-state index in [9.17, 15) is 13.2 Å². The highest BCUT2D eigenvalue weighted by Gasteiger charge is 2.17. The lowest BCUT2D eigenvalue weighted by atomic mass is 10.2. The standard InChI is InChI=1S/C18H22N2O4S/c1-4-12-24-16-10-8-14(9-11-16)18(21)19-15-6-5-7-17(13-15)25(22,23)20(2)3/h5-11,13H,4,12H2,1-3H3,(H,19,21). The zero-order valence-electron chi connectivity index (χ0n) is 14.5. The van der Waals surface area contributed by atoms with Crippen molar-refractivity contribution in [1.82, 2.24) is 4.31 Å². The van der Waals surface area contributed by atoms with Crippen LogP contribution >= 0.6 is 0 Å². The Morgan fingerprint density at radius 3 is 2.40 bits per heavy atom. The lowest BCUT2D eigenvalue weighted by molar-refractivity contribution is 0.102. The maximum atomic E-state index is 12.3. The topological polar surface area (TPSA) is 75.7 Å². The third-order valence-corrected chi connectivity index (χ3v) is 5.27. The molecule has 134 valence electrons. The quantitative estimate of drug-likeness (QED) is 0.822. The van der Waals surface area contributed by atoms with Gasteiger partial charge in [-0.15, -0.1) is 0 Å². The van der Waals surface area contributed by atoms with Crippen molar-refractivity contribution < 1.29 is 17.9 Å². The Kier molecular flexibility index (Phi) is 6.17. The van der Waals surface area contributed by atoms with E-state index in [1.165, 1.54) is 26.2 Å². The van der Waals surface area contributed by atoms with E-state index in [1.807, 2.05) is 6.92 Å². The molecule has 0 aromatic heterocycles. The Morgan fingerprint density at radius 2 is 1.80 bits per heavy atom. The maximum Gasteiger partial charge on any atom is 0.255 e. The molecule has 0 aliphatic rings. The second kappa shape index (κ2) is 8.13. The summed E-state index contributed by atoms with van der Waals surface area (Å²) in [5, 5.41) is 2.71. The van der Waals surface area contributed by atoms with E-state index >= 15 is 0 Å². The van der Waals surface area contributed by atoms with Gasteiger partial charge in [0, 0.05) is 25.3 Å². The van der Waals surface area contributed by atoms with Crippen LogP contribution in [-0.2, 0) is 10.0 Å². The van der Waals surface area contributed by atoms with Gasteiger partial charge in [-0.2, -0.15) is 0 Å². The van der Waals surface area contributed by atoms with E-state index in [1.54, 1.807) is 36.4 Å². The monoisotopic (exact) mass is 362 g/mol. The lowest BCUT2D eigenvalue weighted by Gasteiger charge is -2.13. The van der Waals surface area contributed by atoms with Crippen LogP contribution in [0.1, 0.15) is 23.7 Å². The van der Waals surface area contributed by atoms with Gasteiger partial charge in [0.2, 0.25) is 10.0 Å². The molecule has 1 amide bonds. The Labute approximate surface area is 148 Å². The van der Waals surface area contributed by atoms with Gasteiger partial charge in [-0.25, -0.2) is 12.7 Å². The SMILES string of the molecule is CCCOc1ccc(C(=O)Nc2cccc(S(=O)(=O)N(C)C)c2)cc1. The fourth-order valence-electron chi connectivity index (χ4n) is 2.07. The molecule has 7 heteroatoms. The van der Waals surface area contributed by atoms with Crippen LogP contribution in [0, 0.1) is 0 Å². The molecule has 0 saturated carbocycles. The molecule has 0 heterocycles. The molecule has 0 aliphatic carbocycles. The predicted octanol–water partition coefficient (Wildman–Crippen LogP) is 2.98. The number of anilines is 1. The first-order valence-corrected chi connectivity index (χ1v) is 9.35. The van der Waals surface area contributed by atoms with Crippen LogP contribution in [0.4, 0.5) is 5.69 Å². The third-order valence-electron chi connectivity index (χ3n) is 3.46. The van der Waals surface area contributed by atoms with E-state index in [4.69, 9.17) is 4.74 Å². The molecule has 2 rings (SSSR count). The minimum Gasteiger partial charge on any atom is -0.494 e. The summed E-state index contributed by atoms with van der Waals surface area (Å²) in [6.07, 6.45) is 0.911. The normalized spacial score (nSPS) is 11.4. The highest BCUT2D eigenvalue weighted by atomic mass is 32.2. The molecule has 1 N–H and O–H groups in total. The fourth-order valence-corrected chi connectivity index (χ4v) is 3.02. The van der Waals surface area contributed by atoms with Gasteiger partial charge >= 0.3 is 0 Å². The molecular formula is C18H22N2O4S. The Morgan fingerprint density at radius 1 is 1.12 bits per heavy atom. The van der Waals surface area contributed by atoms with Crippen molar-refractivity contribution in [1.29, 1.82) is 0 Å². The van der Waals surface area contributed by atoms with Gasteiger partial charge in [0.1, 0.15) is 5.75 Å². The molecule has 0 atom stereocenters. The van der Waals surface area contributed by atoms with Gasteiger partial charge in [0.05, 0.1) is 11.5 Å². The van der Waals surface area contributed by atoms with Crippen molar-refractivity contribution in [2.75, 3.05) is 26.0 Å². The Bertz CT molecular complexity index is 830. The number of hydrogen-bond acceptors (Lipinski definition) is 4. The molecule has 2 aromatic carbocycles. The van der Waals surface area contributed by atoms with Crippen molar-refractivity contribution in [2.24, 2.45) is 0 Å². The van der Waals surface area contributed by atoms with Gasteiger partial charge in [-0.3, -0.25) is 4.79 Å². The van der Waals surface area contributed by atoms with E-state index < -0.39 is 10.0 Å². The van der Waals surface area contributed by atoms with Crippen molar-refractivity contribution in [3.05, 3.63) is 54.1 Å². The number of nitrogens with one attached hydrogen (secondary N) is 1. The second-order valence-corrected chi connectivity index (χ2v) is 7.79. The minimum absolute atomic E-state index is 0.124. The molecule has 0 saturated heterocycles. The summed E-state index contributed by atoms with van der Waals surface area (Å²) in [4.78, 5) is 12.4. The van der Waals surface area contributed by atoms with Crippen LogP contribution in [0.15, 0.2) is 53.4 Å². The summed E-state index contributed by atoms with van der Waals surface area (Å²) in [5.74, 6) is 0.388. The average molecular weight is 362 g/mol. The molecular weight excluding hydrogens is 340 g/mol. The first-order valence-electron chi connectivity index (χ1n) is 7.91. The molecule has 0 aliphatic heterocycles.